The summed E-state index contributed by atoms with van der Waals surface area (Å²) in [5.74, 6) is 0.417. The van der Waals surface area contributed by atoms with E-state index in [1.807, 2.05) is 6.26 Å². The highest BCUT2D eigenvalue weighted by Gasteiger charge is 2.03. The van der Waals surface area contributed by atoms with Crippen LogP contribution in [-0.4, -0.2) is 12.9 Å². The van der Waals surface area contributed by atoms with E-state index in [1.54, 1.807) is 17.8 Å². The first-order chi connectivity index (χ1) is 6.77. The molecule has 0 aliphatic carbocycles. The highest BCUT2D eigenvalue weighted by atomic mass is 32.2. The van der Waals surface area contributed by atoms with Gasteiger partial charge >= 0.3 is 0 Å². The number of ether oxygens (including phenoxy) is 1. The Hall–Kier alpha value is -0.700. The van der Waals surface area contributed by atoms with Crippen LogP contribution in [0.2, 0.25) is 0 Å². The van der Waals surface area contributed by atoms with Crippen molar-refractivity contribution in [2.75, 3.05) is 12.9 Å². The molecular weight excluding hydrogens is 199 g/mol. The molecule has 0 saturated heterocycles. The van der Waals surface area contributed by atoms with Crippen molar-refractivity contribution >= 4 is 11.8 Å². The second-order valence-corrected chi connectivity index (χ2v) is 3.85. The molecule has 0 bridgehead atoms. The van der Waals surface area contributed by atoms with Crippen LogP contribution in [0.1, 0.15) is 19.8 Å². The maximum Gasteiger partial charge on any atom is 0.135 e. The number of thioether (sulfide) groups is 1. The number of unbranched alkanes of at least 4 members (excludes halogenated alkanes) is 1. The van der Waals surface area contributed by atoms with Gasteiger partial charge in [-0.3, -0.25) is 0 Å². The van der Waals surface area contributed by atoms with E-state index in [0.29, 0.717) is 12.4 Å². The lowest BCUT2D eigenvalue weighted by Crippen LogP contribution is -1.98. The standard InChI is InChI=1S/C11H15FOS/c1-3-4-7-13-10-8-9(12)5-6-11(10)14-2/h5-6,8H,3-4,7H2,1-2H3. The molecule has 1 nitrogen and oxygen atoms in total. The van der Waals surface area contributed by atoms with Gasteiger partial charge in [-0.05, 0) is 24.8 Å². The highest BCUT2D eigenvalue weighted by molar-refractivity contribution is 7.98. The highest BCUT2D eigenvalue weighted by Crippen LogP contribution is 2.28. The first-order valence-corrected chi connectivity index (χ1v) is 5.96. The maximum absolute atomic E-state index is 12.9. The molecular formula is C11H15FOS. The van der Waals surface area contributed by atoms with Crippen molar-refractivity contribution in [1.82, 2.24) is 0 Å². The molecule has 0 fully saturated rings. The minimum atomic E-state index is -0.241. The van der Waals surface area contributed by atoms with E-state index >= 15 is 0 Å². The Balaban J connectivity index is 2.67. The van der Waals surface area contributed by atoms with Gasteiger partial charge in [-0.2, -0.15) is 0 Å². The van der Waals surface area contributed by atoms with Gasteiger partial charge in [0.15, 0.2) is 0 Å². The third-order valence-electron chi connectivity index (χ3n) is 1.88. The Bertz CT molecular complexity index is 289. The third-order valence-corrected chi connectivity index (χ3v) is 2.66. The van der Waals surface area contributed by atoms with Gasteiger partial charge in [0.25, 0.3) is 0 Å². The molecule has 78 valence electrons. The summed E-state index contributed by atoms with van der Waals surface area (Å²) in [7, 11) is 0. The van der Waals surface area contributed by atoms with Crippen molar-refractivity contribution in [2.24, 2.45) is 0 Å². The molecule has 0 N–H and O–H groups in total. The zero-order chi connectivity index (χ0) is 10.4. The van der Waals surface area contributed by atoms with Crippen LogP contribution in [0.25, 0.3) is 0 Å². The Labute approximate surface area is 88.7 Å². The molecule has 1 aromatic rings. The third kappa shape index (κ3) is 3.22. The second-order valence-electron chi connectivity index (χ2n) is 3.00. The van der Waals surface area contributed by atoms with E-state index < -0.39 is 0 Å². The average molecular weight is 214 g/mol. The summed E-state index contributed by atoms with van der Waals surface area (Å²) in [6.45, 7) is 2.76. The molecule has 0 amide bonds. The summed E-state index contributed by atoms with van der Waals surface area (Å²) in [4.78, 5) is 0.988. The van der Waals surface area contributed by atoms with E-state index in [9.17, 15) is 4.39 Å². The quantitative estimate of drug-likeness (QED) is 0.545. The topological polar surface area (TPSA) is 9.23 Å². The van der Waals surface area contributed by atoms with Crippen LogP contribution in [-0.2, 0) is 0 Å². The van der Waals surface area contributed by atoms with Crippen molar-refractivity contribution in [2.45, 2.75) is 24.7 Å². The Morgan fingerprint density at radius 1 is 1.43 bits per heavy atom. The summed E-state index contributed by atoms with van der Waals surface area (Å²) in [5.41, 5.74) is 0. The fourth-order valence-electron chi connectivity index (χ4n) is 1.09. The van der Waals surface area contributed by atoms with Crippen molar-refractivity contribution in [1.29, 1.82) is 0 Å². The fraction of sp³-hybridized carbons (Fsp3) is 0.455. The number of hydrogen-bond donors (Lipinski definition) is 0. The zero-order valence-corrected chi connectivity index (χ0v) is 9.36. The second kappa shape index (κ2) is 5.91. The molecule has 0 radical (unpaired) electrons. The number of hydrogen-bond acceptors (Lipinski definition) is 2. The maximum atomic E-state index is 12.9. The van der Waals surface area contributed by atoms with Crippen molar-refractivity contribution in [3.05, 3.63) is 24.0 Å². The summed E-state index contributed by atoms with van der Waals surface area (Å²) in [5, 5.41) is 0. The Morgan fingerprint density at radius 2 is 2.21 bits per heavy atom. The lowest BCUT2D eigenvalue weighted by Gasteiger charge is -2.09. The average Bonchev–Trinajstić information content (AvgIpc) is 2.19. The molecule has 1 rings (SSSR count). The van der Waals surface area contributed by atoms with Crippen LogP contribution in [0, 0.1) is 5.82 Å². The first-order valence-electron chi connectivity index (χ1n) is 4.74. The fourth-order valence-corrected chi connectivity index (χ4v) is 1.61. The van der Waals surface area contributed by atoms with Gasteiger partial charge in [0.05, 0.1) is 6.61 Å². The summed E-state index contributed by atoms with van der Waals surface area (Å²) < 4.78 is 18.4. The molecule has 0 aliphatic heterocycles. The smallest absolute Gasteiger partial charge is 0.135 e. The van der Waals surface area contributed by atoms with Crippen LogP contribution >= 0.6 is 11.8 Å². The Kier molecular flexibility index (Phi) is 4.80. The van der Waals surface area contributed by atoms with E-state index in [0.717, 1.165) is 17.7 Å². The van der Waals surface area contributed by atoms with Crippen molar-refractivity contribution in [3.8, 4) is 5.75 Å². The number of rotatable bonds is 5. The monoisotopic (exact) mass is 214 g/mol. The lowest BCUT2D eigenvalue weighted by molar-refractivity contribution is 0.301. The van der Waals surface area contributed by atoms with Crippen LogP contribution in [0.3, 0.4) is 0 Å². The zero-order valence-electron chi connectivity index (χ0n) is 8.55. The largest absolute Gasteiger partial charge is 0.492 e. The molecule has 0 aromatic heterocycles. The molecule has 0 atom stereocenters. The van der Waals surface area contributed by atoms with E-state index in [4.69, 9.17) is 4.74 Å². The van der Waals surface area contributed by atoms with Crippen LogP contribution in [0.15, 0.2) is 23.1 Å². The van der Waals surface area contributed by atoms with E-state index in [2.05, 4.69) is 6.92 Å². The van der Waals surface area contributed by atoms with Crippen molar-refractivity contribution < 1.29 is 9.13 Å². The van der Waals surface area contributed by atoms with E-state index in [1.165, 1.54) is 12.1 Å². The molecule has 1 aromatic carbocycles. The Morgan fingerprint density at radius 3 is 2.86 bits per heavy atom. The molecule has 0 saturated carbocycles. The SMILES string of the molecule is CCCCOc1cc(F)ccc1SC. The summed E-state index contributed by atoms with van der Waals surface area (Å²) in [6.07, 6.45) is 4.05. The lowest BCUT2D eigenvalue weighted by atomic mass is 10.3. The predicted octanol–water partition coefficient (Wildman–Crippen LogP) is 3.73. The molecule has 0 heterocycles. The molecule has 14 heavy (non-hydrogen) atoms. The summed E-state index contributed by atoms with van der Waals surface area (Å²) in [6, 6.07) is 4.65. The van der Waals surface area contributed by atoms with Gasteiger partial charge in [0.1, 0.15) is 11.6 Å². The number of halogens is 1. The van der Waals surface area contributed by atoms with Crippen LogP contribution in [0.4, 0.5) is 4.39 Å². The number of benzene rings is 1. The predicted molar refractivity (Wildman–Crippen MR) is 58.6 cm³/mol. The minimum absolute atomic E-state index is 0.241. The van der Waals surface area contributed by atoms with Crippen LogP contribution < -0.4 is 4.74 Å². The molecule has 0 spiro atoms. The van der Waals surface area contributed by atoms with Gasteiger partial charge in [-0.1, -0.05) is 13.3 Å². The van der Waals surface area contributed by atoms with Crippen molar-refractivity contribution in [3.63, 3.8) is 0 Å². The minimum Gasteiger partial charge on any atom is -0.492 e. The van der Waals surface area contributed by atoms with Gasteiger partial charge in [0.2, 0.25) is 0 Å². The van der Waals surface area contributed by atoms with Gasteiger partial charge in [-0.25, -0.2) is 4.39 Å². The molecule has 3 heteroatoms. The van der Waals surface area contributed by atoms with Gasteiger partial charge < -0.3 is 4.74 Å². The normalized spacial score (nSPS) is 10.2. The van der Waals surface area contributed by atoms with Gasteiger partial charge in [0, 0.05) is 11.0 Å². The van der Waals surface area contributed by atoms with Gasteiger partial charge in [-0.15, -0.1) is 11.8 Å². The molecule has 0 aliphatic rings. The van der Waals surface area contributed by atoms with E-state index in [-0.39, 0.29) is 5.82 Å². The summed E-state index contributed by atoms with van der Waals surface area (Å²) >= 11 is 1.57. The van der Waals surface area contributed by atoms with Crippen LogP contribution in [0.5, 0.6) is 5.75 Å². The molecule has 0 unspecified atom stereocenters. The first kappa shape index (κ1) is 11.4.